The number of hydrogen-bond donors (Lipinski definition) is 2. The van der Waals surface area contributed by atoms with E-state index in [1.165, 1.54) is 18.4 Å². The van der Waals surface area contributed by atoms with Crippen LogP contribution in [0, 0.1) is 5.92 Å². The number of likely N-dealkylation sites (N-methyl/N-ethyl adjacent to an activating group) is 1. The van der Waals surface area contributed by atoms with Crippen molar-refractivity contribution in [2.75, 3.05) is 11.9 Å². The first-order chi connectivity index (χ1) is 8.66. The number of anilines is 1. The summed E-state index contributed by atoms with van der Waals surface area (Å²) in [5, 5.41) is 3.27. The van der Waals surface area contributed by atoms with Crippen LogP contribution in [0.25, 0.3) is 0 Å². The minimum atomic E-state index is -0.605. The van der Waals surface area contributed by atoms with E-state index in [-0.39, 0.29) is 11.9 Å². The van der Waals surface area contributed by atoms with Gasteiger partial charge in [0.2, 0.25) is 0 Å². The molecule has 2 atom stereocenters. The Labute approximate surface area is 107 Å². The molecule has 4 nitrogen and oxygen atoms in total. The fourth-order valence-corrected chi connectivity index (χ4v) is 2.67. The van der Waals surface area contributed by atoms with Gasteiger partial charge in [-0.3, -0.25) is 10.1 Å². The van der Waals surface area contributed by atoms with Crippen molar-refractivity contribution in [1.82, 2.24) is 5.32 Å². The monoisotopic (exact) mass is 245 g/mol. The fraction of sp³-hybridized carbons (Fsp3) is 0.500. The minimum absolute atomic E-state index is 0.0688. The lowest BCUT2D eigenvalue weighted by Crippen LogP contribution is -2.49. The third kappa shape index (κ3) is 2.02. The molecule has 0 spiro atoms. The van der Waals surface area contributed by atoms with E-state index in [0.717, 1.165) is 18.0 Å². The van der Waals surface area contributed by atoms with Crippen LogP contribution in [0.4, 0.5) is 5.69 Å². The topological polar surface area (TPSA) is 58.4 Å². The maximum absolute atomic E-state index is 12.1. The lowest BCUT2D eigenvalue weighted by Gasteiger charge is -2.20. The maximum atomic E-state index is 12.1. The molecule has 0 radical (unpaired) electrons. The van der Waals surface area contributed by atoms with Gasteiger partial charge in [-0.05, 0) is 24.0 Å². The van der Waals surface area contributed by atoms with Gasteiger partial charge in [0.05, 0.1) is 0 Å². The Balaban J connectivity index is 1.99. The van der Waals surface area contributed by atoms with Crippen molar-refractivity contribution in [3.05, 3.63) is 29.8 Å². The largest absolute Gasteiger partial charge is 0.313 e. The number of hydrogen-bond acceptors (Lipinski definition) is 3. The van der Waals surface area contributed by atoms with E-state index in [1.54, 1.807) is 11.9 Å². The molecule has 1 fully saturated rings. The second-order valence-corrected chi connectivity index (χ2v) is 5.33. The summed E-state index contributed by atoms with van der Waals surface area (Å²) in [6.45, 7) is 0. The molecule has 96 valence electrons. The van der Waals surface area contributed by atoms with Gasteiger partial charge in [-0.1, -0.05) is 31.0 Å². The average molecular weight is 245 g/mol. The van der Waals surface area contributed by atoms with Crippen LogP contribution in [-0.4, -0.2) is 19.1 Å². The van der Waals surface area contributed by atoms with Crippen molar-refractivity contribution >= 4 is 11.6 Å². The van der Waals surface area contributed by atoms with E-state index in [9.17, 15) is 4.79 Å². The van der Waals surface area contributed by atoms with E-state index in [4.69, 9.17) is 5.73 Å². The van der Waals surface area contributed by atoms with Gasteiger partial charge in [0.15, 0.2) is 0 Å². The Kier molecular flexibility index (Phi) is 2.84. The first kappa shape index (κ1) is 11.7. The number of amides is 1. The van der Waals surface area contributed by atoms with Gasteiger partial charge < -0.3 is 10.6 Å². The third-order valence-electron chi connectivity index (χ3n) is 3.92. The van der Waals surface area contributed by atoms with E-state index in [1.807, 2.05) is 18.2 Å². The van der Waals surface area contributed by atoms with E-state index in [0.29, 0.717) is 0 Å². The summed E-state index contributed by atoms with van der Waals surface area (Å²) >= 11 is 0. The average Bonchev–Trinajstić information content (AvgIpc) is 3.19. The molecule has 1 unspecified atom stereocenters. The van der Waals surface area contributed by atoms with Gasteiger partial charge in [0.25, 0.3) is 5.91 Å². The highest BCUT2D eigenvalue weighted by Crippen LogP contribution is 2.40. The number of para-hydroxylation sites is 1. The van der Waals surface area contributed by atoms with Crippen molar-refractivity contribution < 1.29 is 4.79 Å². The van der Waals surface area contributed by atoms with Gasteiger partial charge in [-0.15, -0.1) is 0 Å². The first-order valence-electron chi connectivity index (χ1n) is 6.55. The second-order valence-electron chi connectivity index (χ2n) is 5.33. The van der Waals surface area contributed by atoms with Gasteiger partial charge >= 0.3 is 0 Å². The molecule has 18 heavy (non-hydrogen) atoms. The molecule has 0 saturated heterocycles. The lowest BCUT2D eigenvalue weighted by molar-refractivity contribution is -0.120. The maximum Gasteiger partial charge on any atom is 0.258 e. The molecular formula is C14H19N3O. The highest BCUT2D eigenvalue weighted by atomic mass is 16.2. The van der Waals surface area contributed by atoms with Crippen LogP contribution in [0.5, 0.6) is 0 Å². The zero-order valence-electron chi connectivity index (χ0n) is 10.6. The lowest BCUT2D eigenvalue weighted by atomic mass is 9.99. The van der Waals surface area contributed by atoms with Crippen LogP contribution in [0.15, 0.2) is 24.3 Å². The third-order valence-corrected chi connectivity index (χ3v) is 3.92. The van der Waals surface area contributed by atoms with Crippen LogP contribution < -0.4 is 16.0 Å². The van der Waals surface area contributed by atoms with Crippen LogP contribution in [-0.2, 0) is 4.79 Å². The summed E-state index contributed by atoms with van der Waals surface area (Å²) in [6, 6.07) is 8.27. The van der Waals surface area contributed by atoms with Crippen LogP contribution in [0.2, 0.25) is 0 Å². The number of nitrogens with zero attached hydrogens (tertiary/aromatic N) is 1. The van der Waals surface area contributed by atoms with Crippen LogP contribution in [0.1, 0.15) is 30.9 Å². The van der Waals surface area contributed by atoms with E-state index < -0.39 is 6.17 Å². The summed E-state index contributed by atoms with van der Waals surface area (Å²) < 4.78 is 0. The van der Waals surface area contributed by atoms with Gasteiger partial charge in [0, 0.05) is 18.8 Å². The molecular weight excluding hydrogens is 226 g/mol. The highest BCUT2D eigenvalue weighted by molar-refractivity contribution is 5.97. The molecule has 3 rings (SSSR count). The predicted molar refractivity (Wildman–Crippen MR) is 71.0 cm³/mol. The molecule has 4 heteroatoms. The smallest absolute Gasteiger partial charge is 0.258 e. The highest BCUT2D eigenvalue weighted by Gasteiger charge is 2.33. The number of benzene rings is 1. The van der Waals surface area contributed by atoms with Gasteiger partial charge in [0.1, 0.15) is 6.17 Å². The number of rotatable bonds is 2. The molecule has 1 aliphatic carbocycles. The zero-order valence-corrected chi connectivity index (χ0v) is 10.6. The van der Waals surface area contributed by atoms with E-state index >= 15 is 0 Å². The summed E-state index contributed by atoms with van der Waals surface area (Å²) in [6.07, 6.45) is 3.08. The standard InChI is InChI=1S/C14H19N3O/c1-17-12-5-3-2-4-10(12)11(8-9-6-7-9)16-13(15)14(17)18/h2-5,9,11,13,16H,6-8,15H2,1H3/t11?,13-/m0/s1. The van der Waals surface area contributed by atoms with Gasteiger partial charge in [-0.25, -0.2) is 0 Å². The molecule has 1 aromatic rings. The Morgan fingerprint density at radius 1 is 1.39 bits per heavy atom. The quantitative estimate of drug-likeness (QED) is 0.827. The number of carbonyl (C=O) groups excluding carboxylic acids is 1. The SMILES string of the molecule is CN1C(=O)[C@@H](N)NC(CC2CC2)c2ccccc21. The summed E-state index contributed by atoms with van der Waals surface area (Å²) in [5.74, 6) is 0.724. The molecule has 1 aromatic carbocycles. The second kappa shape index (κ2) is 4.37. The van der Waals surface area contributed by atoms with Crippen molar-refractivity contribution in [1.29, 1.82) is 0 Å². The normalized spacial score (nSPS) is 27.9. The van der Waals surface area contributed by atoms with E-state index in [2.05, 4.69) is 11.4 Å². The number of fused-ring (bicyclic) bond motifs is 1. The summed E-state index contributed by atoms with van der Waals surface area (Å²) in [4.78, 5) is 13.8. The van der Waals surface area contributed by atoms with Crippen molar-refractivity contribution in [3.8, 4) is 0 Å². The zero-order chi connectivity index (χ0) is 12.7. The Hall–Kier alpha value is -1.39. The Morgan fingerprint density at radius 3 is 2.83 bits per heavy atom. The summed E-state index contributed by atoms with van der Waals surface area (Å²) in [5.41, 5.74) is 8.10. The number of nitrogens with two attached hydrogens (primary N) is 1. The Bertz CT molecular complexity index is 470. The molecule has 2 aliphatic rings. The molecule has 1 heterocycles. The number of nitrogens with one attached hydrogen (secondary N) is 1. The molecule has 0 bridgehead atoms. The van der Waals surface area contributed by atoms with Crippen LogP contribution in [0.3, 0.4) is 0 Å². The summed E-state index contributed by atoms with van der Waals surface area (Å²) in [7, 11) is 1.79. The molecule has 1 amide bonds. The predicted octanol–water partition coefficient (Wildman–Crippen LogP) is 1.38. The van der Waals surface area contributed by atoms with Gasteiger partial charge in [-0.2, -0.15) is 0 Å². The van der Waals surface area contributed by atoms with Crippen molar-refractivity contribution in [2.24, 2.45) is 11.7 Å². The minimum Gasteiger partial charge on any atom is -0.313 e. The molecule has 1 aliphatic heterocycles. The fourth-order valence-electron chi connectivity index (χ4n) is 2.67. The molecule has 0 aromatic heterocycles. The number of carbonyl (C=O) groups is 1. The molecule has 1 saturated carbocycles. The van der Waals surface area contributed by atoms with Crippen LogP contribution >= 0.6 is 0 Å². The molecule has 3 N–H and O–H groups in total. The Morgan fingerprint density at radius 2 is 2.11 bits per heavy atom. The first-order valence-corrected chi connectivity index (χ1v) is 6.55. The van der Waals surface area contributed by atoms with Crippen molar-refractivity contribution in [2.45, 2.75) is 31.5 Å². The van der Waals surface area contributed by atoms with Crippen molar-refractivity contribution in [3.63, 3.8) is 0 Å².